The molecule has 2 aromatic heterocycles. The summed E-state index contributed by atoms with van der Waals surface area (Å²) in [6, 6.07) is 10.8. The van der Waals surface area contributed by atoms with Crippen molar-refractivity contribution in [3.8, 4) is 0 Å². The predicted octanol–water partition coefficient (Wildman–Crippen LogP) is 2.06. The van der Waals surface area contributed by atoms with Gasteiger partial charge < -0.3 is 10.1 Å². The molecule has 0 aliphatic rings. The highest BCUT2D eigenvalue weighted by molar-refractivity contribution is 7.89. The van der Waals surface area contributed by atoms with Gasteiger partial charge in [0.25, 0.3) is 5.91 Å². The molecule has 2 N–H and O–H groups in total. The topological polar surface area (TPSA) is 119 Å². The van der Waals surface area contributed by atoms with Crippen molar-refractivity contribution in [2.75, 3.05) is 11.9 Å². The van der Waals surface area contributed by atoms with Crippen molar-refractivity contribution in [2.45, 2.75) is 18.4 Å². The van der Waals surface area contributed by atoms with Gasteiger partial charge >= 0.3 is 5.97 Å². The molecule has 0 bridgehead atoms. The molecule has 0 saturated heterocycles. The van der Waals surface area contributed by atoms with Crippen LogP contribution in [0.3, 0.4) is 0 Å². The fraction of sp³-hybridized carbons (Fsp3) is 0.211. The fourth-order valence-electron chi connectivity index (χ4n) is 2.57. The van der Waals surface area contributed by atoms with E-state index in [4.69, 9.17) is 4.74 Å². The Hall–Kier alpha value is -3.02. The predicted molar refractivity (Wildman–Crippen MR) is 112 cm³/mol. The van der Waals surface area contributed by atoms with Gasteiger partial charge in [-0.1, -0.05) is 12.1 Å². The molecular formula is C19H20N4O5S2. The number of ether oxygens (including phenoxy) is 1. The highest BCUT2D eigenvalue weighted by Crippen LogP contribution is 2.15. The summed E-state index contributed by atoms with van der Waals surface area (Å²) in [4.78, 5) is 25.1. The first-order chi connectivity index (χ1) is 14.2. The third-order valence-corrected chi connectivity index (χ3v) is 6.28. The maximum Gasteiger partial charge on any atom is 0.338 e. The number of aryl methyl sites for hydroxylation is 2. The van der Waals surface area contributed by atoms with E-state index in [-0.39, 0.29) is 17.0 Å². The SMILES string of the molecule is Cc1cc(NC(=O)COC(=O)c2cccc(S(=O)(=O)NCc3cccs3)c2)n(C)n1. The lowest BCUT2D eigenvalue weighted by atomic mass is 10.2. The molecule has 9 nitrogen and oxygen atoms in total. The number of nitrogens with one attached hydrogen (secondary N) is 2. The van der Waals surface area contributed by atoms with E-state index in [1.807, 2.05) is 17.5 Å². The van der Waals surface area contributed by atoms with Crippen molar-refractivity contribution in [2.24, 2.45) is 7.05 Å². The minimum atomic E-state index is -3.81. The van der Waals surface area contributed by atoms with Crippen molar-refractivity contribution in [3.05, 3.63) is 64.0 Å². The number of thiophene rings is 1. The first kappa shape index (κ1) is 21.7. The average Bonchev–Trinajstić information content (AvgIpc) is 3.34. The first-order valence-corrected chi connectivity index (χ1v) is 11.2. The summed E-state index contributed by atoms with van der Waals surface area (Å²) in [6.07, 6.45) is 0. The van der Waals surface area contributed by atoms with E-state index in [0.29, 0.717) is 5.82 Å². The molecule has 2 heterocycles. The van der Waals surface area contributed by atoms with Crippen LogP contribution in [0.15, 0.2) is 52.7 Å². The molecule has 1 amide bonds. The summed E-state index contributed by atoms with van der Waals surface area (Å²) in [6.45, 7) is 1.42. The Morgan fingerprint density at radius 2 is 2.00 bits per heavy atom. The molecule has 1 aromatic carbocycles. The molecule has 3 rings (SSSR count). The van der Waals surface area contributed by atoms with Crippen LogP contribution >= 0.6 is 11.3 Å². The van der Waals surface area contributed by atoms with Crippen LogP contribution in [0.2, 0.25) is 0 Å². The maximum atomic E-state index is 12.5. The smallest absolute Gasteiger partial charge is 0.338 e. The van der Waals surface area contributed by atoms with Crippen LogP contribution < -0.4 is 10.0 Å². The zero-order chi connectivity index (χ0) is 21.7. The lowest BCUT2D eigenvalue weighted by Crippen LogP contribution is -2.24. The summed E-state index contributed by atoms with van der Waals surface area (Å²) < 4.78 is 33.9. The van der Waals surface area contributed by atoms with Crippen LogP contribution in [0, 0.1) is 6.92 Å². The van der Waals surface area contributed by atoms with Crippen molar-refractivity contribution in [3.63, 3.8) is 0 Å². The van der Waals surface area contributed by atoms with Crippen LogP contribution in [0.1, 0.15) is 20.9 Å². The first-order valence-electron chi connectivity index (χ1n) is 8.84. The zero-order valence-corrected chi connectivity index (χ0v) is 17.9. The van der Waals surface area contributed by atoms with E-state index in [2.05, 4.69) is 15.1 Å². The highest BCUT2D eigenvalue weighted by atomic mass is 32.2. The van der Waals surface area contributed by atoms with Crippen molar-refractivity contribution in [1.29, 1.82) is 0 Å². The van der Waals surface area contributed by atoms with Gasteiger partial charge in [-0.15, -0.1) is 11.3 Å². The van der Waals surface area contributed by atoms with Gasteiger partial charge in [-0.3, -0.25) is 9.48 Å². The van der Waals surface area contributed by atoms with Gasteiger partial charge in [-0.2, -0.15) is 5.10 Å². The Morgan fingerprint density at radius 1 is 1.20 bits per heavy atom. The number of hydrogen-bond acceptors (Lipinski definition) is 7. The molecule has 0 fully saturated rings. The Balaban J connectivity index is 1.59. The lowest BCUT2D eigenvalue weighted by Gasteiger charge is -2.09. The largest absolute Gasteiger partial charge is 0.452 e. The second-order valence-electron chi connectivity index (χ2n) is 6.35. The third-order valence-electron chi connectivity index (χ3n) is 4.00. The van der Waals surface area contributed by atoms with Gasteiger partial charge in [-0.05, 0) is 36.6 Å². The molecule has 30 heavy (non-hydrogen) atoms. The van der Waals surface area contributed by atoms with Crippen LogP contribution in [-0.2, 0) is 33.1 Å². The Bertz CT molecular complexity index is 1150. The number of aromatic nitrogens is 2. The molecule has 11 heteroatoms. The Kier molecular flexibility index (Phi) is 6.65. The third kappa shape index (κ3) is 5.53. The second kappa shape index (κ2) is 9.20. The number of carbonyl (C=O) groups is 2. The van der Waals surface area contributed by atoms with Gasteiger partial charge in [-0.25, -0.2) is 17.9 Å². The standard InChI is InChI=1S/C19H20N4O5S2/c1-13-9-17(23(2)22-13)21-18(24)12-28-19(25)14-5-3-7-16(10-14)30(26,27)20-11-15-6-4-8-29-15/h3-10,20H,11-12H2,1-2H3,(H,21,24). The molecule has 158 valence electrons. The van der Waals surface area contributed by atoms with Crippen molar-refractivity contribution in [1.82, 2.24) is 14.5 Å². The number of hydrogen-bond donors (Lipinski definition) is 2. The minimum absolute atomic E-state index is 0.0261. The maximum absolute atomic E-state index is 12.5. The molecule has 0 unspecified atom stereocenters. The van der Waals surface area contributed by atoms with E-state index in [1.165, 1.54) is 40.3 Å². The van der Waals surface area contributed by atoms with Crippen LogP contribution in [0.25, 0.3) is 0 Å². The number of nitrogens with zero attached hydrogens (tertiary/aromatic N) is 2. The number of carbonyl (C=O) groups excluding carboxylic acids is 2. The molecule has 0 spiro atoms. The van der Waals surface area contributed by atoms with Crippen LogP contribution in [-0.4, -0.2) is 36.7 Å². The van der Waals surface area contributed by atoms with Crippen molar-refractivity contribution >= 4 is 39.1 Å². The van der Waals surface area contributed by atoms with Crippen LogP contribution in [0.4, 0.5) is 5.82 Å². The molecule has 0 aliphatic carbocycles. The molecule has 0 saturated carbocycles. The number of rotatable bonds is 8. The Morgan fingerprint density at radius 3 is 2.67 bits per heavy atom. The van der Waals surface area contributed by atoms with Crippen molar-refractivity contribution < 1.29 is 22.7 Å². The van der Waals surface area contributed by atoms with E-state index >= 15 is 0 Å². The monoisotopic (exact) mass is 448 g/mol. The van der Waals surface area contributed by atoms with E-state index < -0.39 is 28.5 Å². The lowest BCUT2D eigenvalue weighted by molar-refractivity contribution is -0.119. The summed E-state index contributed by atoms with van der Waals surface area (Å²) in [5, 5.41) is 8.54. The summed E-state index contributed by atoms with van der Waals surface area (Å²) >= 11 is 1.43. The van der Waals surface area contributed by atoms with Crippen LogP contribution in [0.5, 0.6) is 0 Å². The number of anilines is 1. The summed E-state index contributed by atoms with van der Waals surface area (Å²) in [5.41, 5.74) is 0.758. The molecular weight excluding hydrogens is 428 g/mol. The second-order valence-corrected chi connectivity index (χ2v) is 9.15. The van der Waals surface area contributed by atoms with Gasteiger partial charge in [0.05, 0.1) is 16.2 Å². The molecule has 3 aromatic rings. The fourth-order valence-corrected chi connectivity index (χ4v) is 4.36. The molecule has 0 aliphatic heterocycles. The quantitative estimate of drug-likeness (QED) is 0.509. The van der Waals surface area contributed by atoms with E-state index in [9.17, 15) is 18.0 Å². The van der Waals surface area contributed by atoms with Gasteiger partial charge in [0.2, 0.25) is 10.0 Å². The zero-order valence-electron chi connectivity index (χ0n) is 16.3. The average molecular weight is 449 g/mol. The van der Waals surface area contributed by atoms with Gasteiger partial charge in [0, 0.05) is 24.5 Å². The van der Waals surface area contributed by atoms with Gasteiger partial charge in [0.1, 0.15) is 5.82 Å². The molecule has 0 radical (unpaired) electrons. The number of sulfonamides is 1. The number of benzene rings is 1. The molecule has 0 atom stereocenters. The van der Waals surface area contributed by atoms with Gasteiger partial charge in [0.15, 0.2) is 6.61 Å². The number of esters is 1. The summed E-state index contributed by atoms with van der Waals surface area (Å²) in [7, 11) is -2.13. The van der Waals surface area contributed by atoms with E-state index in [0.717, 1.165) is 10.6 Å². The highest BCUT2D eigenvalue weighted by Gasteiger charge is 2.18. The minimum Gasteiger partial charge on any atom is -0.452 e. The Labute approximate surface area is 177 Å². The van der Waals surface area contributed by atoms with E-state index in [1.54, 1.807) is 20.0 Å². The number of amides is 1. The summed E-state index contributed by atoms with van der Waals surface area (Å²) in [5.74, 6) is -0.868. The normalized spacial score (nSPS) is 11.3.